The Kier molecular flexibility index (Phi) is 4.88. The van der Waals surface area contributed by atoms with E-state index in [0.29, 0.717) is 12.1 Å². The second kappa shape index (κ2) is 6.99. The van der Waals surface area contributed by atoms with E-state index in [1.165, 1.54) is 11.9 Å². The number of hydrogen-bond donors (Lipinski definition) is 1. The molecule has 2 heterocycles. The van der Waals surface area contributed by atoms with Crippen LogP contribution >= 0.6 is 0 Å². The first-order valence-electron chi connectivity index (χ1n) is 8.65. The number of aliphatic hydroxyl groups excluding tert-OH is 1. The molecule has 9 nitrogen and oxygen atoms in total. The van der Waals surface area contributed by atoms with Crippen LogP contribution in [0, 0.1) is 0 Å². The number of amides is 1. The standard InChI is InChI=1S/C18H22N4O5/c1-5-18(3)26-16(24)14(17(25)27-18)20-19-13-11(2)21(4)22(15(13)23)12-9-7-6-8-10-12/h6-11,13,24H,5H2,1-4H3/b20-19+. The number of hydrazine groups is 1. The fraction of sp³-hybridized carbons (Fsp3) is 0.444. The summed E-state index contributed by atoms with van der Waals surface area (Å²) in [5.74, 6) is -3.05. The first kappa shape index (κ1) is 18.8. The van der Waals surface area contributed by atoms with E-state index in [0.717, 1.165) is 0 Å². The van der Waals surface area contributed by atoms with Crippen molar-refractivity contribution >= 4 is 17.6 Å². The summed E-state index contributed by atoms with van der Waals surface area (Å²) in [6, 6.07) is 8.00. The molecule has 0 bridgehead atoms. The van der Waals surface area contributed by atoms with E-state index in [2.05, 4.69) is 10.2 Å². The van der Waals surface area contributed by atoms with Crippen LogP contribution in [0.25, 0.3) is 0 Å². The third-order valence-corrected chi connectivity index (χ3v) is 4.77. The minimum absolute atomic E-state index is 0.288. The molecular weight excluding hydrogens is 352 g/mol. The zero-order valence-corrected chi connectivity index (χ0v) is 15.6. The SMILES string of the molecule is CCC1(C)OC(=O)C(/N=N/C2C(=O)N(c3ccccc3)N(C)C2C)=C(O)O1. The Morgan fingerprint density at radius 1 is 1.22 bits per heavy atom. The lowest BCUT2D eigenvalue weighted by molar-refractivity contribution is -0.231. The average molecular weight is 374 g/mol. The van der Waals surface area contributed by atoms with Gasteiger partial charge in [-0.15, -0.1) is 5.11 Å². The van der Waals surface area contributed by atoms with E-state index < -0.39 is 29.4 Å². The Hall–Kier alpha value is -2.94. The van der Waals surface area contributed by atoms with E-state index >= 15 is 0 Å². The molecule has 0 aliphatic carbocycles. The molecule has 144 valence electrons. The number of esters is 1. The molecule has 1 fully saturated rings. The molecule has 1 amide bonds. The lowest BCUT2D eigenvalue weighted by Gasteiger charge is -2.31. The van der Waals surface area contributed by atoms with Crippen molar-refractivity contribution in [2.24, 2.45) is 10.2 Å². The number of aliphatic hydroxyl groups is 1. The van der Waals surface area contributed by atoms with Crippen molar-refractivity contribution in [3.63, 3.8) is 0 Å². The van der Waals surface area contributed by atoms with Crippen LogP contribution < -0.4 is 5.01 Å². The topological polar surface area (TPSA) is 104 Å². The van der Waals surface area contributed by atoms with Gasteiger partial charge in [-0.1, -0.05) is 25.1 Å². The van der Waals surface area contributed by atoms with Crippen molar-refractivity contribution in [2.75, 3.05) is 12.1 Å². The number of cyclic esters (lactones) is 1. The van der Waals surface area contributed by atoms with Gasteiger partial charge in [0.2, 0.25) is 0 Å². The van der Waals surface area contributed by atoms with Gasteiger partial charge in [-0.3, -0.25) is 4.79 Å². The largest absolute Gasteiger partial charge is 0.479 e. The lowest BCUT2D eigenvalue weighted by atomic mass is 10.2. The van der Waals surface area contributed by atoms with Crippen LogP contribution in [0.4, 0.5) is 5.69 Å². The minimum Gasteiger partial charge on any atom is -0.479 e. The highest BCUT2D eigenvalue weighted by Crippen LogP contribution is 2.31. The zero-order chi connectivity index (χ0) is 19.8. The van der Waals surface area contributed by atoms with Crippen molar-refractivity contribution in [1.29, 1.82) is 0 Å². The molecule has 2 aliphatic heterocycles. The van der Waals surface area contributed by atoms with Gasteiger partial charge in [-0.2, -0.15) is 5.11 Å². The van der Waals surface area contributed by atoms with Gasteiger partial charge in [0, 0.05) is 20.4 Å². The molecule has 9 heteroatoms. The zero-order valence-electron chi connectivity index (χ0n) is 15.6. The number of ether oxygens (including phenoxy) is 2. The molecule has 1 saturated heterocycles. The second-order valence-electron chi connectivity index (χ2n) is 6.59. The summed E-state index contributed by atoms with van der Waals surface area (Å²) in [6.07, 6.45) is 0.349. The third-order valence-electron chi connectivity index (χ3n) is 4.77. The highest BCUT2D eigenvalue weighted by molar-refractivity contribution is 5.99. The smallest absolute Gasteiger partial charge is 0.369 e. The summed E-state index contributed by atoms with van der Waals surface area (Å²) in [7, 11) is 1.77. The molecule has 3 unspecified atom stereocenters. The predicted octanol–water partition coefficient (Wildman–Crippen LogP) is 2.52. The number of azo groups is 1. The predicted molar refractivity (Wildman–Crippen MR) is 95.3 cm³/mol. The van der Waals surface area contributed by atoms with Crippen molar-refractivity contribution in [2.45, 2.75) is 45.1 Å². The van der Waals surface area contributed by atoms with Gasteiger partial charge in [0.25, 0.3) is 17.4 Å². The van der Waals surface area contributed by atoms with Crippen LogP contribution in [-0.4, -0.2) is 46.9 Å². The van der Waals surface area contributed by atoms with Gasteiger partial charge < -0.3 is 14.6 Å². The van der Waals surface area contributed by atoms with E-state index in [-0.39, 0.29) is 11.9 Å². The number of rotatable bonds is 4. The first-order chi connectivity index (χ1) is 12.8. The fourth-order valence-electron chi connectivity index (χ4n) is 2.85. The van der Waals surface area contributed by atoms with Crippen molar-refractivity contribution < 1.29 is 24.2 Å². The normalized spacial score (nSPS) is 29.4. The molecular formula is C18H22N4O5. The van der Waals surface area contributed by atoms with E-state index in [9.17, 15) is 14.7 Å². The van der Waals surface area contributed by atoms with Crippen molar-refractivity contribution in [1.82, 2.24) is 5.01 Å². The van der Waals surface area contributed by atoms with Gasteiger partial charge in [0.1, 0.15) is 0 Å². The van der Waals surface area contributed by atoms with Gasteiger partial charge in [-0.25, -0.2) is 14.8 Å². The van der Waals surface area contributed by atoms with Crippen molar-refractivity contribution in [3.8, 4) is 0 Å². The van der Waals surface area contributed by atoms with Crippen LogP contribution in [0.15, 0.2) is 52.2 Å². The van der Waals surface area contributed by atoms with Crippen LogP contribution in [-0.2, 0) is 19.1 Å². The van der Waals surface area contributed by atoms with Gasteiger partial charge >= 0.3 is 11.9 Å². The molecule has 3 rings (SSSR count). The molecule has 2 aliphatic rings. The summed E-state index contributed by atoms with van der Waals surface area (Å²) >= 11 is 0. The Balaban J connectivity index is 1.84. The maximum atomic E-state index is 12.8. The van der Waals surface area contributed by atoms with E-state index in [1.54, 1.807) is 19.0 Å². The molecule has 1 aromatic carbocycles. The monoisotopic (exact) mass is 374 g/mol. The van der Waals surface area contributed by atoms with E-state index in [1.807, 2.05) is 37.3 Å². The quantitative estimate of drug-likeness (QED) is 0.641. The first-order valence-corrected chi connectivity index (χ1v) is 8.65. The van der Waals surface area contributed by atoms with Crippen LogP contribution in [0.5, 0.6) is 0 Å². The summed E-state index contributed by atoms with van der Waals surface area (Å²) in [5, 5.41) is 21.0. The summed E-state index contributed by atoms with van der Waals surface area (Å²) in [6.45, 7) is 5.10. The summed E-state index contributed by atoms with van der Waals surface area (Å²) < 4.78 is 10.4. The van der Waals surface area contributed by atoms with E-state index in [4.69, 9.17) is 9.47 Å². The highest BCUT2D eigenvalue weighted by Gasteiger charge is 2.44. The minimum atomic E-state index is -1.25. The number of carbonyl (C=O) groups excluding carboxylic acids is 2. The maximum absolute atomic E-state index is 12.8. The van der Waals surface area contributed by atoms with Crippen LogP contribution in [0.1, 0.15) is 27.2 Å². The fourth-order valence-corrected chi connectivity index (χ4v) is 2.85. The number of anilines is 1. The number of likely N-dealkylation sites (N-methyl/N-ethyl adjacent to an activating group) is 1. The second-order valence-corrected chi connectivity index (χ2v) is 6.59. The molecule has 0 radical (unpaired) electrons. The Morgan fingerprint density at radius 3 is 2.48 bits per heavy atom. The van der Waals surface area contributed by atoms with Crippen molar-refractivity contribution in [3.05, 3.63) is 42.0 Å². The highest BCUT2D eigenvalue weighted by atomic mass is 16.8. The Labute approximate surface area is 156 Å². The number of para-hydroxylation sites is 1. The lowest BCUT2D eigenvalue weighted by Crippen LogP contribution is -2.39. The van der Waals surface area contributed by atoms with Gasteiger partial charge in [0.05, 0.1) is 11.7 Å². The molecule has 1 aromatic rings. The molecule has 0 saturated carbocycles. The summed E-state index contributed by atoms with van der Waals surface area (Å²) in [5.41, 5.74) is 0.248. The number of benzene rings is 1. The number of nitrogens with zero attached hydrogens (tertiary/aromatic N) is 4. The Bertz CT molecular complexity index is 809. The van der Waals surface area contributed by atoms with Crippen LogP contribution in [0.3, 0.4) is 0 Å². The summed E-state index contributed by atoms with van der Waals surface area (Å²) in [4.78, 5) is 24.9. The number of hydrogen-bond acceptors (Lipinski definition) is 8. The molecule has 27 heavy (non-hydrogen) atoms. The molecule has 1 N–H and O–H groups in total. The molecule has 0 spiro atoms. The number of carbonyl (C=O) groups is 2. The molecule has 0 aromatic heterocycles. The van der Waals surface area contributed by atoms with Gasteiger partial charge in [0.15, 0.2) is 6.04 Å². The maximum Gasteiger partial charge on any atom is 0.369 e. The molecule has 3 atom stereocenters. The third kappa shape index (κ3) is 3.37. The van der Waals surface area contributed by atoms with Gasteiger partial charge in [-0.05, 0) is 19.1 Å². The Morgan fingerprint density at radius 2 is 1.89 bits per heavy atom. The average Bonchev–Trinajstić information content (AvgIpc) is 2.84. The van der Waals surface area contributed by atoms with Crippen LogP contribution in [0.2, 0.25) is 0 Å².